The second-order valence-corrected chi connectivity index (χ2v) is 6.44. The van der Waals surface area contributed by atoms with Crippen LogP contribution in [0.25, 0.3) is 5.78 Å². The van der Waals surface area contributed by atoms with Gasteiger partial charge in [-0.05, 0) is 50.5 Å². The number of amides is 1. The number of carbonyl (C=O) groups is 1. The van der Waals surface area contributed by atoms with Crippen LogP contribution in [0.5, 0.6) is 0 Å². The van der Waals surface area contributed by atoms with E-state index in [0.717, 1.165) is 10.1 Å². The van der Waals surface area contributed by atoms with Gasteiger partial charge in [0.05, 0.1) is 5.69 Å². The summed E-state index contributed by atoms with van der Waals surface area (Å²) in [5.41, 5.74) is 2.34. The highest BCUT2D eigenvalue weighted by Crippen LogP contribution is 2.27. The van der Waals surface area contributed by atoms with Crippen molar-refractivity contribution in [3.05, 3.63) is 52.4 Å². The van der Waals surface area contributed by atoms with Crippen molar-refractivity contribution in [2.24, 2.45) is 0 Å². The smallest absolute Gasteiger partial charge is 0.324 e. The lowest BCUT2D eigenvalue weighted by Crippen LogP contribution is -2.15. The van der Waals surface area contributed by atoms with Gasteiger partial charge < -0.3 is 5.32 Å². The molecular formula is C18H17F4N5O. The summed E-state index contributed by atoms with van der Waals surface area (Å²) in [4.78, 5) is 19.7. The Morgan fingerprint density at radius 1 is 1.18 bits per heavy atom. The Morgan fingerprint density at radius 3 is 2.57 bits per heavy atom. The largest absolute Gasteiger partial charge is 0.453 e. The Bertz CT molecular complexity index is 1060. The second-order valence-electron chi connectivity index (χ2n) is 6.44. The molecule has 0 saturated heterocycles. The molecule has 0 aliphatic heterocycles. The van der Waals surface area contributed by atoms with Gasteiger partial charge in [0.15, 0.2) is 0 Å². The highest BCUT2D eigenvalue weighted by molar-refractivity contribution is 5.91. The molecule has 1 amide bonds. The first kappa shape index (κ1) is 19.7. The minimum absolute atomic E-state index is 0.00305. The van der Waals surface area contributed by atoms with E-state index >= 15 is 0 Å². The number of fused-ring (bicyclic) bond motifs is 1. The van der Waals surface area contributed by atoms with Crippen LogP contribution in [-0.2, 0) is 17.4 Å². The first-order valence-electron chi connectivity index (χ1n) is 8.42. The van der Waals surface area contributed by atoms with Gasteiger partial charge in [0.1, 0.15) is 5.82 Å². The monoisotopic (exact) mass is 395 g/mol. The molecule has 0 radical (unpaired) electrons. The van der Waals surface area contributed by atoms with Gasteiger partial charge in [-0.15, -0.1) is 5.10 Å². The molecule has 0 atom stereocenters. The van der Waals surface area contributed by atoms with E-state index in [0.29, 0.717) is 17.0 Å². The number of alkyl halides is 3. The molecule has 3 rings (SSSR count). The molecule has 0 bridgehead atoms. The van der Waals surface area contributed by atoms with Crippen LogP contribution in [0.1, 0.15) is 34.8 Å². The van der Waals surface area contributed by atoms with Crippen LogP contribution in [0.4, 0.5) is 23.2 Å². The fraction of sp³-hybridized carbons (Fsp3) is 0.333. The van der Waals surface area contributed by atoms with E-state index in [1.807, 2.05) is 0 Å². The molecule has 0 saturated carbocycles. The van der Waals surface area contributed by atoms with E-state index in [1.165, 1.54) is 12.1 Å². The standard InChI is InChI=1S/C18H17F4N5O/c1-9-4-6-13(19)14(8-9)24-15(28)7-5-12-10(2)23-17-25-16(18(20,21)22)26-27(17)11(12)3/h4,6,8H,5,7H2,1-3H3,(H,24,28). The first-order chi connectivity index (χ1) is 13.1. The van der Waals surface area contributed by atoms with Gasteiger partial charge in [0.25, 0.3) is 11.6 Å². The van der Waals surface area contributed by atoms with E-state index in [9.17, 15) is 22.4 Å². The maximum absolute atomic E-state index is 13.8. The lowest BCUT2D eigenvalue weighted by Gasteiger charge is -2.11. The van der Waals surface area contributed by atoms with Gasteiger partial charge in [-0.1, -0.05) is 6.07 Å². The molecule has 1 aromatic carbocycles. The number of hydrogen-bond acceptors (Lipinski definition) is 4. The molecular weight excluding hydrogens is 378 g/mol. The van der Waals surface area contributed by atoms with Gasteiger partial charge in [-0.2, -0.15) is 18.2 Å². The Kier molecular flexibility index (Phi) is 5.05. The van der Waals surface area contributed by atoms with Crippen molar-refractivity contribution in [2.45, 2.75) is 39.8 Å². The molecule has 3 aromatic rings. The molecule has 10 heteroatoms. The molecule has 0 unspecified atom stereocenters. The van der Waals surface area contributed by atoms with Crippen molar-refractivity contribution in [1.82, 2.24) is 19.6 Å². The first-order valence-corrected chi connectivity index (χ1v) is 8.42. The predicted octanol–water partition coefficient (Wildman–Crippen LogP) is 3.78. The number of halogens is 4. The fourth-order valence-electron chi connectivity index (χ4n) is 2.88. The SMILES string of the molecule is Cc1ccc(F)c(NC(=O)CCc2c(C)nc3nc(C(F)(F)F)nn3c2C)c1. The van der Waals surface area contributed by atoms with Crippen LogP contribution in [-0.4, -0.2) is 25.5 Å². The summed E-state index contributed by atoms with van der Waals surface area (Å²) < 4.78 is 53.3. The zero-order valence-electron chi connectivity index (χ0n) is 15.4. The molecule has 0 fully saturated rings. The van der Waals surface area contributed by atoms with E-state index in [4.69, 9.17) is 0 Å². The Morgan fingerprint density at radius 2 is 1.89 bits per heavy atom. The summed E-state index contributed by atoms with van der Waals surface area (Å²) in [6.07, 6.45) is -4.46. The second kappa shape index (κ2) is 7.17. The number of aromatic nitrogens is 4. The number of carbonyl (C=O) groups excluding carboxylic acids is 1. The van der Waals surface area contributed by atoms with Crippen LogP contribution >= 0.6 is 0 Å². The average molecular weight is 395 g/mol. The Balaban J connectivity index is 1.80. The van der Waals surface area contributed by atoms with E-state index in [-0.39, 0.29) is 24.3 Å². The topological polar surface area (TPSA) is 72.2 Å². The van der Waals surface area contributed by atoms with Crippen LogP contribution < -0.4 is 5.32 Å². The fourth-order valence-corrected chi connectivity index (χ4v) is 2.88. The highest BCUT2D eigenvalue weighted by Gasteiger charge is 2.36. The summed E-state index contributed by atoms with van der Waals surface area (Å²) in [5.74, 6) is -2.39. The van der Waals surface area contributed by atoms with Crippen LogP contribution in [0.2, 0.25) is 0 Å². The minimum Gasteiger partial charge on any atom is -0.324 e. The molecule has 6 nitrogen and oxygen atoms in total. The normalized spacial score (nSPS) is 11.8. The molecule has 2 heterocycles. The summed E-state index contributed by atoms with van der Waals surface area (Å²) in [5, 5.41) is 5.97. The molecule has 0 spiro atoms. The van der Waals surface area contributed by atoms with Crippen molar-refractivity contribution in [1.29, 1.82) is 0 Å². The van der Waals surface area contributed by atoms with Gasteiger partial charge in [0.2, 0.25) is 5.91 Å². The van der Waals surface area contributed by atoms with E-state index in [1.54, 1.807) is 26.8 Å². The molecule has 2 aromatic heterocycles. The molecule has 0 aliphatic carbocycles. The van der Waals surface area contributed by atoms with Crippen LogP contribution in [0.15, 0.2) is 18.2 Å². The number of nitrogens with zero attached hydrogens (tertiary/aromatic N) is 4. The number of benzene rings is 1. The number of aryl methyl sites for hydroxylation is 3. The van der Waals surface area contributed by atoms with Crippen molar-refractivity contribution in [3.8, 4) is 0 Å². The average Bonchev–Trinajstić information content (AvgIpc) is 3.02. The summed E-state index contributed by atoms with van der Waals surface area (Å²) in [6, 6.07) is 4.37. The Labute approximate surface area is 157 Å². The zero-order valence-corrected chi connectivity index (χ0v) is 15.4. The van der Waals surface area contributed by atoms with Crippen molar-refractivity contribution < 1.29 is 22.4 Å². The maximum Gasteiger partial charge on any atom is 0.453 e. The quantitative estimate of drug-likeness (QED) is 0.683. The molecule has 0 aliphatic rings. The molecule has 28 heavy (non-hydrogen) atoms. The van der Waals surface area contributed by atoms with E-state index < -0.39 is 23.7 Å². The van der Waals surface area contributed by atoms with Crippen LogP contribution in [0.3, 0.4) is 0 Å². The summed E-state index contributed by atoms with van der Waals surface area (Å²) in [6.45, 7) is 4.99. The zero-order chi connectivity index (χ0) is 20.6. The number of anilines is 1. The van der Waals surface area contributed by atoms with Gasteiger partial charge in [0, 0.05) is 17.8 Å². The summed E-state index contributed by atoms with van der Waals surface area (Å²) in [7, 11) is 0. The number of nitrogens with one attached hydrogen (secondary N) is 1. The predicted molar refractivity (Wildman–Crippen MR) is 93.3 cm³/mol. The van der Waals surface area contributed by atoms with E-state index in [2.05, 4.69) is 20.4 Å². The van der Waals surface area contributed by atoms with Crippen molar-refractivity contribution in [2.75, 3.05) is 5.32 Å². The van der Waals surface area contributed by atoms with Gasteiger partial charge >= 0.3 is 6.18 Å². The molecule has 1 N–H and O–H groups in total. The minimum atomic E-state index is -4.67. The van der Waals surface area contributed by atoms with Crippen LogP contribution in [0, 0.1) is 26.6 Å². The third-order valence-electron chi connectivity index (χ3n) is 4.30. The van der Waals surface area contributed by atoms with Gasteiger partial charge in [-0.25, -0.2) is 13.9 Å². The number of rotatable bonds is 4. The Hall–Kier alpha value is -3.04. The lowest BCUT2D eigenvalue weighted by molar-refractivity contribution is -0.144. The lowest BCUT2D eigenvalue weighted by atomic mass is 10.1. The summed E-state index contributed by atoms with van der Waals surface area (Å²) >= 11 is 0. The third-order valence-corrected chi connectivity index (χ3v) is 4.30. The van der Waals surface area contributed by atoms with Crippen molar-refractivity contribution >= 4 is 17.4 Å². The van der Waals surface area contributed by atoms with Crippen molar-refractivity contribution in [3.63, 3.8) is 0 Å². The van der Waals surface area contributed by atoms with Gasteiger partial charge in [-0.3, -0.25) is 4.79 Å². The molecule has 148 valence electrons. The third kappa shape index (κ3) is 3.95. The maximum atomic E-state index is 13.8. The number of hydrogen-bond donors (Lipinski definition) is 1. The highest BCUT2D eigenvalue weighted by atomic mass is 19.4.